The molecule has 0 amide bonds. The van der Waals surface area contributed by atoms with Crippen LogP contribution in [0.1, 0.15) is 59.8 Å². The first-order chi connectivity index (χ1) is 16.7. The molecule has 0 radical (unpaired) electrons. The van der Waals surface area contributed by atoms with Crippen LogP contribution in [0, 0.1) is 0 Å². The van der Waals surface area contributed by atoms with Crippen LogP contribution in [0.4, 0.5) is 0 Å². The fourth-order valence-electron chi connectivity index (χ4n) is 4.06. The molecule has 2 heterocycles. The molecule has 0 spiro atoms. The number of thiazole rings is 1. The minimum atomic E-state index is -0.649. The predicted octanol–water partition coefficient (Wildman–Crippen LogP) is 3.32. The van der Waals surface area contributed by atoms with E-state index in [0.29, 0.717) is 32.1 Å². The number of esters is 2. The highest BCUT2D eigenvalue weighted by atomic mass is 32.1. The number of hydrogen-bond donors (Lipinski definition) is 0. The van der Waals surface area contributed by atoms with E-state index >= 15 is 0 Å². The van der Waals surface area contributed by atoms with Crippen molar-refractivity contribution in [1.82, 2.24) is 4.57 Å². The van der Waals surface area contributed by atoms with E-state index in [9.17, 15) is 14.4 Å². The lowest BCUT2D eigenvalue weighted by Gasteiger charge is -2.24. The molecule has 35 heavy (non-hydrogen) atoms. The van der Waals surface area contributed by atoms with Gasteiger partial charge in [-0.05, 0) is 47.7 Å². The molecule has 1 aliphatic rings. The number of fused-ring (bicyclic) bond motifs is 1. The van der Waals surface area contributed by atoms with E-state index < -0.39 is 18.0 Å². The van der Waals surface area contributed by atoms with E-state index in [1.54, 1.807) is 41.8 Å². The Kier molecular flexibility index (Phi) is 6.84. The smallest absolute Gasteiger partial charge is 0.338 e. The fourth-order valence-corrected chi connectivity index (χ4v) is 5.10. The lowest BCUT2D eigenvalue weighted by atomic mass is 9.93. The molecule has 2 aromatic carbocycles. The van der Waals surface area contributed by atoms with Gasteiger partial charge in [-0.1, -0.05) is 61.6 Å². The minimum Gasteiger partial charge on any atom is -0.466 e. The van der Waals surface area contributed by atoms with Crippen molar-refractivity contribution >= 4 is 29.4 Å². The van der Waals surface area contributed by atoms with Crippen molar-refractivity contribution in [2.45, 2.75) is 32.7 Å². The van der Waals surface area contributed by atoms with E-state index in [0.717, 1.165) is 16.7 Å². The number of rotatable bonds is 5. The average Bonchev–Trinajstić information content (AvgIpc) is 3.16. The normalized spacial score (nSPS) is 15.6. The molecule has 4 rings (SSSR count). The molecule has 3 aromatic rings. The third kappa shape index (κ3) is 4.61. The Balaban J connectivity index is 1.87. The van der Waals surface area contributed by atoms with Crippen molar-refractivity contribution in [3.63, 3.8) is 0 Å². The maximum Gasteiger partial charge on any atom is 0.338 e. The molecule has 8 heteroatoms. The molecule has 1 atom stereocenters. The number of benzene rings is 2. The van der Waals surface area contributed by atoms with Gasteiger partial charge in [0.2, 0.25) is 0 Å². The Bertz CT molecular complexity index is 1490. The van der Waals surface area contributed by atoms with Gasteiger partial charge in [-0.2, -0.15) is 0 Å². The summed E-state index contributed by atoms with van der Waals surface area (Å²) >= 11 is 1.25. The molecular formula is C27H26N2O5S. The van der Waals surface area contributed by atoms with E-state index in [1.807, 2.05) is 24.3 Å². The third-order valence-electron chi connectivity index (χ3n) is 5.98. The molecular weight excluding hydrogens is 464 g/mol. The molecule has 1 aromatic heterocycles. The summed E-state index contributed by atoms with van der Waals surface area (Å²) in [5.74, 6) is -0.587. The van der Waals surface area contributed by atoms with Crippen molar-refractivity contribution in [3.05, 3.63) is 102 Å². The van der Waals surface area contributed by atoms with E-state index in [1.165, 1.54) is 25.6 Å². The quantitative estimate of drug-likeness (QED) is 0.512. The van der Waals surface area contributed by atoms with E-state index in [4.69, 9.17) is 9.47 Å². The Morgan fingerprint density at radius 1 is 1.00 bits per heavy atom. The first-order valence-electron chi connectivity index (χ1n) is 11.1. The van der Waals surface area contributed by atoms with Crippen molar-refractivity contribution in [2.24, 2.45) is 4.99 Å². The standard InChI is InChI=1S/C27H26N2O5S/c1-15(2)18-10-12-19(13-11-18)23-22(26(32)34-5)16(3)28-27-29(23)24(30)21(35-27)14-17-6-8-20(9-7-17)25(31)33-4/h6-15,23H,1-5H3/b21-14-/t23-/m1/s1. The maximum absolute atomic E-state index is 13.6. The summed E-state index contributed by atoms with van der Waals surface area (Å²) in [4.78, 5) is 43.1. The first-order valence-corrected chi connectivity index (χ1v) is 12.0. The zero-order valence-electron chi connectivity index (χ0n) is 20.2. The minimum absolute atomic E-state index is 0.252. The highest BCUT2D eigenvalue weighted by Gasteiger charge is 2.33. The monoisotopic (exact) mass is 490 g/mol. The van der Waals surface area contributed by atoms with Crippen LogP contribution in [0.3, 0.4) is 0 Å². The fraction of sp³-hybridized carbons (Fsp3) is 0.259. The van der Waals surface area contributed by atoms with Gasteiger partial charge in [0, 0.05) is 0 Å². The number of hydrogen-bond acceptors (Lipinski definition) is 7. The first kappa shape index (κ1) is 24.3. The number of aromatic nitrogens is 1. The van der Waals surface area contributed by atoms with Crippen LogP contribution in [-0.2, 0) is 14.3 Å². The number of carbonyl (C=O) groups excluding carboxylic acids is 2. The van der Waals surface area contributed by atoms with Crippen molar-refractivity contribution in [1.29, 1.82) is 0 Å². The second-order valence-electron chi connectivity index (χ2n) is 8.51. The largest absolute Gasteiger partial charge is 0.466 e. The Morgan fingerprint density at radius 2 is 1.63 bits per heavy atom. The summed E-state index contributed by atoms with van der Waals surface area (Å²) in [7, 11) is 2.65. The van der Waals surface area contributed by atoms with Crippen LogP contribution in [0.2, 0.25) is 0 Å². The van der Waals surface area contributed by atoms with Crippen LogP contribution in [0.15, 0.2) is 69.6 Å². The number of allylic oxidation sites excluding steroid dienone is 1. The highest BCUT2D eigenvalue weighted by Crippen LogP contribution is 2.31. The topological polar surface area (TPSA) is 87.0 Å². The molecule has 7 nitrogen and oxygen atoms in total. The summed E-state index contributed by atoms with van der Waals surface area (Å²) in [6.45, 7) is 5.98. The summed E-state index contributed by atoms with van der Waals surface area (Å²) in [5.41, 5.74) is 3.75. The zero-order chi connectivity index (χ0) is 25.3. The molecule has 0 fully saturated rings. The number of carbonyl (C=O) groups is 2. The highest BCUT2D eigenvalue weighted by molar-refractivity contribution is 7.07. The Hall–Kier alpha value is -3.78. The predicted molar refractivity (Wildman–Crippen MR) is 134 cm³/mol. The van der Waals surface area contributed by atoms with Crippen LogP contribution >= 0.6 is 11.3 Å². The van der Waals surface area contributed by atoms with E-state index in [2.05, 4.69) is 18.8 Å². The van der Waals surface area contributed by atoms with Crippen LogP contribution in [0.5, 0.6) is 0 Å². The lowest BCUT2D eigenvalue weighted by molar-refractivity contribution is -0.136. The van der Waals surface area contributed by atoms with Gasteiger partial charge in [-0.15, -0.1) is 0 Å². The molecule has 0 unspecified atom stereocenters. The number of methoxy groups -OCH3 is 2. The van der Waals surface area contributed by atoms with Crippen LogP contribution < -0.4 is 14.9 Å². The summed E-state index contributed by atoms with van der Waals surface area (Å²) in [6.07, 6.45) is 1.75. The van der Waals surface area contributed by atoms with Gasteiger partial charge in [-0.25, -0.2) is 14.6 Å². The molecule has 0 saturated carbocycles. The van der Waals surface area contributed by atoms with Gasteiger partial charge < -0.3 is 9.47 Å². The Labute approximate surface area is 206 Å². The maximum atomic E-state index is 13.6. The average molecular weight is 491 g/mol. The molecule has 0 saturated heterocycles. The van der Waals surface area contributed by atoms with Crippen molar-refractivity contribution < 1.29 is 19.1 Å². The summed E-state index contributed by atoms with van der Waals surface area (Å²) in [5, 5.41) is 0. The number of nitrogens with zero attached hydrogens (tertiary/aromatic N) is 2. The van der Waals surface area contributed by atoms with Gasteiger partial charge in [-0.3, -0.25) is 9.36 Å². The van der Waals surface area contributed by atoms with Gasteiger partial charge in [0.1, 0.15) is 0 Å². The van der Waals surface area contributed by atoms with Crippen molar-refractivity contribution in [3.8, 4) is 0 Å². The van der Waals surface area contributed by atoms with Crippen LogP contribution in [-0.4, -0.2) is 30.7 Å². The third-order valence-corrected chi connectivity index (χ3v) is 6.96. The van der Waals surface area contributed by atoms with Crippen molar-refractivity contribution in [2.75, 3.05) is 14.2 Å². The lowest BCUT2D eigenvalue weighted by Crippen LogP contribution is -2.39. The molecule has 0 N–H and O–H groups in total. The van der Waals surface area contributed by atoms with Gasteiger partial charge in [0.15, 0.2) is 4.80 Å². The summed E-state index contributed by atoms with van der Waals surface area (Å²) < 4.78 is 11.8. The molecule has 0 bridgehead atoms. The molecule has 0 aliphatic carbocycles. The zero-order valence-corrected chi connectivity index (χ0v) is 21.0. The summed E-state index contributed by atoms with van der Waals surface area (Å²) in [6, 6.07) is 14.1. The Morgan fingerprint density at radius 3 is 2.20 bits per heavy atom. The van der Waals surface area contributed by atoms with Gasteiger partial charge in [0.05, 0.1) is 41.6 Å². The second kappa shape index (κ2) is 9.84. The molecule has 1 aliphatic heterocycles. The van der Waals surface area contributed by atoms with Gasteiger partial charge in [0.25, 0.3) is 5.56 Å². The van der Waals surface area contributed by atoms with Gasteiger partial charge >= 0.3 is 11.9 Å². The second-order valence-corrected chi connectivity index (χ2v) is 9.52. The van der Waals surface area contributed by atoms with Crippen LogP contribution in [0.25, 0.3) is 6.08 Å². The SMILES string of the molecule is COC(=O)C1=C(C)N=c2s/c(=C\c3ccc(C(=O)OC)cc3)c(=O)n2[C@@H]1c1ccc(C(C)C)cc1. The number of ether oxygens (including phenoxy) is 2. The molecule has 180 valence electrons. The van der Waals surface area contributed by atoms with E-state index in [-0.39, 0.29) is 5.56 Å².